The van der Waals surface area contributed by atoms with Gasteiger partial charge in [0.1, 0.15) is 5.60 Å². The van der Waals surface area contributed by atoms with Crippen LogP contribution in [0.3, 0.4) is 0 Å². The number of allylic oxidation sites excluding steroid dienone is 1. The highest BCUT2D eigenvalue weighted by Crippen LogP contribution is 2.78. The van der Waals surface area contributed by atoms with Gasteiger partial charge >= 0.3 is 5.97 Å². The Morgan fingerprint density at radius 1 is 1.17 bits per heavy atom. The Labute approximate surface area is 146 Å². The summed E-state index contributed by atoms with van der Waals surface area (Å²) < 4.78 is 11.9. The minimum Gasteiger partial charge on any atom is -0.469 e. The predicted octanol–water partition coefficient (Wildman–Crippen LogP) is 4.65. The highest BCUT2D eigenvalue weighted by Gasteiger charge is 2.83. The molecule has 0 radical (unpaired) electrons. The molecule has 1 aliphatic heterocycles. The number of ether oxygens (including phenoxy) is 2. The van der Waals surface area contributed by atoms with Crippen LogP contribution in [0.15, 0.2) is 12.7 Å². The lowest BCUT2D eigenvalue weighted by molar-refractivity contribution is -0.170. The van der Waals surface area contributed by atoms with Gasteiger partial charge in [-0.3, -0.25) is 4.79 Å². The van der Waals surface area contributed by atoms with Crippen LogP contribution in [-0.2, 0) is 14.3 Å². The van der Waals surface area contributed by atoms with Crippen molar-refractivity contribution in [1.29, 1.82) is 0 Å². The molecule has 3 saturated carbocycles. The van der Waals surface area contributed by atoms with E-state index in [4.69, 9.17) is 9.47 Å². The Hall–Kier alpha value is -0.830. The number of esters is 1. The van der Waals surface area contributed by atoms with Gasteiger partial charge in [-0.15, -0.1) is 6.58 Å². The Morgan fingerprint density at radius 2 is 1.92 bits per heavy atom. The molecule has 3 aliphatic carbocycles. The second kappa shape index (κ2) is 4.66. The van der Waals surface area contributed by atoms with Crippen molar-refractivity contribution in [2.75, 3.05) is 7.11 Å². The molecule has 1 saturated heterocycles. The fourth-order valence-electron chi connectivity index (χ4n) is 7.26. The number of hydrogen-bond acceptors (Lipinski definition) is 3. The summed E-state index contributed by atoms with van der Waals surface area (Å²) in [5.74, 6) is 0.352. The number of hydrogen-bond donors (Lipinski definition) is 0. The van der Waals surface area contributed by atoms with Crippen molar-refractivity contribution in [2.24, 2.45) is 22.2 Å². The van der Waals surface area contributed by atoms with Gasteiger partial charge in [0, 0.05) is 5.41 Å². The average molecular weight is 332 g/mol. The zero-order valence-electron chi connectivity index (χ0n) is 15.7. The summed E-state index contributed by atoms with van der Waals surface area (Å²) in [6, 6.07) is 0. The van der Waals surface area contributed by atoms with Gasteiger partial charge in [0.2, 0.25) is 0 Å². The molecule has 4 fully saturated rings. The first-order valence-electron chi connectivity index (χ1n) is 9.63. The molecule has 3 nitrogen and oxygen atoms in total. The summed E-state index contributed by atoms with van der Waals surface area (Å²) in [7, 11) is 1.54. The Kier molecular flexibility index (Phi) is 3.23. The first-order chi connectivity index (χ1) is 11.2. The van der Waals surface area contributed by atoms with Crippen molar-refractivity contribution in [1.82, 2.24) is 0 Å². The maximum atomic E-state index is 12.6. The summed E-state index contributed by atoms with van der Waals surface area (Å²) in [6.07, 6.45) is 10.9. The van der Waals surface area contributed by atoms with Gasteiger partial charge in [0.15, 0.2) is 0 Å². The van der Waals surface area contributed by atoms with Crippen molar-refractivity contribution >= 4 is 5.97 Å². The molecule has 0 aromatic rings. The molecule has 134 valence electrons. The van der Waals surface area contributed by atoms with E-state index in [2.05, 4.69) is 33.4 Å². The fourth-order valence-corrected chi connectivity index (χ4v) is 7.26. The summed E-state index contributed by atoms with van der Waals surface area (Å²) in [5, 5.41) is 0. The van der Waals surface area contributed by atoms with Crippen LogP contribution in [0.25, 0.3) is 0 Å². The molecule has 4 rings (SSSR count). The number of fused-ring (bicyclic) bond motifs is 1. The number of carbonyl (C=O) groups is 1. The number of epoxide rings is 1. The average Bonchev–Trinajstić information content (AvgIpc) is 3.24. The second-order valence-electron chi connectivity index (χ2n) is 9.73. The lowest BCUT2D eigenvalue weighted by atomic mass is 9.43. The van der Waals surface area contributed by atoms with E-state index in [-0.39, 0.29) is 33.4 Å². The van der Waals surface area contributed by atoms with Crippen molar-refractivity contribution in [3.05, 3.63) is 12.7 Å². The Balaban J connectivity index is 1.72. The van der Waals surface area contributed by atoms with E-state index in [1.807, 2.05) is 0 Å². The van der Waals surface area contributed by atoms with E-state index < -0.39 is 0 Å². The molecule has 0 amide bonds. The standard InChI is InChI=1S/C21H32O3/c1-6-17(2)12-13-21-19(4)10-7-9-18(3,16(22)23-5)15(19)8-11-20(21,14-17)24-21/h6,15H,1,7-14H2,2-5H3/t15-,17+,18+,19-,20-,21-/m0/s1. The summed E-state index contributed by atoms with van der Waals surface area (Å²) in [6.45, 7) is 11.0. The van der Waals surface area contributed by atoms with E-state index >= 15 is 0 Å². The van der Waals surface area contributed by atoms with Crippen LogP contribution in [0, 0.1) is 22.2 Å². The van der Waals surface area contributed by atoms with Crippen LogP contribution < -0.4 is 0 Å². The molecule has 0 aromatic carbocycles. The zero-order valence-corrected chi connectivity index (χ0v) is 15.7. The van der Waals surface area contributed by atoms with E-state index in [9.17, 15) is 4.79 Å². The quantitative estimate of drug-likeness (QED) is 0.420. The number of carbonyl (C=O) groups excluding carboxylic acids is 1. The van der Waals surface area contributed by atoms with E-state index in [1.165, 1.54) is 13.5 Å². The molecular formula is C21H32O3. The van der Waals surface area contributed by atoms with Crippen molar-refractivity contribution in [2.45, 2.75) is 83.3 Å². The van der Waals surface area contributed by atoms with Gasteiger partial charge in [-0.05, 0) is 63.2 Å². The fraction of sp³-hybridized carbons (Fsp3) is 0.857. The Morgan fingerprint density at radius 3 is 2.58 bits per heavy atom. The van der Waals surface area contributed by atoms with Crippen molar-refractivity contribution in [3.8, 4) is 0 Å². The molecule has 0 unspecified atom stereocenters. The third kappa shape index (κ3) is 1.70. The van der Waals surface area contributed by atoms with Crippen LogP contribution in [0.2, 0.25) is 0 Å². The van der Waals surface area contributed by atoms with E-state index in [0.717, 1.165) is 44.9 Å². The maximum absolute atomic E-state index is 12.6. The monoisotopic (exact) mass is 332 g/mol. The van der Waals surface area contributed by atoms with Gasteiger partial charge in [-0.1, -0.05) is 26.3 Å². The van der Waals surface area contributed by atoms with Crippen LogP contribution in [0.4, 0.5) is 0 Å². The number of methoxy groups -OCH3 is 1. The van der Waals surface area contributed by atoms with Crippen LogP contribution in [-0.4, -0.2) is 24.3 Å². The van der Waals surface area contributed by atoms with Gasteiger partial charge in [0.25, 0.3) is 0 Å². The Bertz CT molecular complexity index is 600. The molecule has 6 atom stereocenters. The van der Waals surface area contributed by atoms with E-state index in [1.54, 1.807) is 0 Å². The lowest BCUT2D eigenvalue weighted by Crippen LogP contribution is -2.61. The zero-order chi connectivity index (χ0) is 17.4. The first-order valence-corrected chi connectivity index (χ1v) is 9.63. The second-order valence-corrected chi connectivity index (χ2v) is 9.73. The highest BCUT2D eigenvalue weighted by atomic mass is 16.6. The van der Waals surface area contributed by atoms with Crippen LogP contribution >= 0.6 is 0 Å². The first kappa shape index (κ1) is 16.6. The summed E-state index contributed by atoms with van der Waals surface area (Å²) in [5.41, 5.74) is -0.0405. The van der Waals surface area contributed by atoms with Gasteiger partial charge in [0.05, 0.1) is 18.1 Å². The third-order valence-corrected chi connectivity index (χ3v) is 8.64. The van der Waals surface area contributed by atoms with Crippen molar-refractivity contribution < 1.29 is 14.3 Å². The summed E-state index contributed by atoms with van der Waals surface area (Å²) >= 11 is 0. The maximum Gasteiger partial charge on any atom is 0.311 e. The number of rotatable bonds is 2. The van der Waals surface area contributed by atoms with Gasteiger partial charge < -0.3 is 9.47 Å². The van der Waals surface area contributed by atoms with Crippen molar-refractivity contribution in [3.63, 3.8) is 0 Å². The molecule has 0 bridgehead atoms. The smallest absolute Gasteiger partial charge is 0.311 e. The molecule has 24 heavy (non-hydrogen) atoms. The molecular weight excluding hydrogens is 300 g/mol. The molecule has 4 aliphatic rings. The molecule has 0 N–H and O–H groups in total. The van der Waals surface area contributed by atoms with Gasteiger partial charge in [-0.25, -0.2) is 0 Å². The topological polar surface area (TPSA) is 38.8 Å². The predicted molar refractivity (Wildman–Crippen MR) is 93.5 cm³/mol. The van der Waals surface area contributed by atoms with Gasteiger partial charge in [-0.2, -0.15) is 0 Å². The summed E-state index contributed by atoms with van der Waals surface area (Å²) in [4.78, 5) is 12.6. The lowest BCUT2D eigenvalue weighted by Gasteiger charge is -2.58. The SMILES string of the molecule is C=C[C@]1(C)CC[C@@]23O[C@@]2(CC[C@H]2[C@](C)(C(=O)OC)CCC[C@@]23C)C1. The minimum absolute atomic E-state index is 0.0128. The third-order valence-electron chi connectivity index (χ3n) is 8.64. The minimum atomic E-state index is -0.353. The largest absolute Gasteiger partial charge is 0.469 e. The molecule has 3 heteroatoms. The molecule has 0 aromatic heterocycles. The molecule has 1 heterocycles. The van der Waals surface area contributed by atoms with E-state index in [0.29, 0.717) is 5.92 Å². The van der Waals surface area contributed by atoms with Crippen LogP contribution in [0.1, 0.15) is 72.1 Å². The van der Waals surface area contributed by atoms with Crippen LogP contribution in [0.5, 0.6) is 0 Å². The highest BCUT2D eigenvalue weighted by molar-refractivity contribution is 5.77. The molecule has 0 spiro atoms. The normalized spacial score (nSPS) is 55.6.